The largest absolute Gasteiger partial charge is 0.481 e. The molecule has 1 fully saturated rings. The Morgan fingerprint density at radius 3 is 2.46 bits per heavy atom. The van der Waals surface area contributed by atoms with Gasteiger partial charge in [-0.3, -0.25) is 10.1 Å². The number of ether oxygens (including phenoxy) is 1. The number of amides is 1. The summed E-state index contributed by atoms with van der Waals surface area (Å²) in [6.45, 7) is 5.47. The standard InChI is InChI=1S/C32H28ClN3O5/c1-17-16-25-23(20-8-10-21(11-9-20)32(14-15-32)30(37)38)12-13-24(28(25)34-17)29-27(18(2)36-41-29)35-31(39)40-19(3)22-6-4-5-7-26(22)33/h4-13,16,19,34H,14-15H2,1-3H3,(H,35,39)(H,37,38). The number of hydrogen-bond donors (Lipinski definition) is 3. The van der Waals surface area contributed by atoms with Crippen molar-refractivity contribution in [1.82, 2.24) is 10.1 Å². The number of rotatable bonds is 7. The second-order valence-electron chi connectivity index (χ2n) is 10.5. The number of hydrogen-bond acceptors (Lipinski definition) is 5. The highest BCUT2D eigenvalue weighted by molar-refractivity contribution is 6.31. The van der Waals surface area contributed by atoms with E-state index in [0.717, 1.165) is 38.9 Å². The van der Waals surface area contributed by atoms with Crippen LogP contribution in [0, 0.1) is 13.8 Å². The number of aromatic nitrogens is 2. The van der Waals surface area contributed by atoms with E-state index in [9.17, 15) is 14.7 Å². The molecule has 9 heteroatoms. The number of fused-ring (bicyclic) bond motifs is 1. The van der Waals surface area contributed by atoms with Gasteiger partial charge in [0.15, 0.2) is 5.76 Å². The molecule has 1 saturated carbocycles. The van der Waals surface area contributed by atoms with Gasteiger partial charge < -0.3 is 19.4 Å². The van der Waals surface area contributed by atoms with Crippen molar-refractivity contribution in [2.24, 2.45) is 0 Å². The number of carbonyl (C=O) groups excluding carboxylic acids is 1. The van der Waals surface area contributed by atoms with Crippen LogP contribution in [0.15, 0.2) is 71.3 Å². The van der Waals surface area contributed by atoms with E-state index in [4.69, 9.17) is 20.9 Å². The molecule has 6 rings (SSSR count). The highest BCUT2D eigenvalue weighted by Crippen LogP contribution is 2.49. The van der Waals surface area contributed by atoms with E-state index in [-0.39, 0.29) is 0 Å². The van der Waals surface area contributed by atoms with Crippen LogP contribution in [0.5, 0.6) is 0 Å². The molecule has 5 aromatic rings. The molecule has 0 bridgehead atoms. The van der Waals surface area contributed by atoms with Crippen LogP contribution in [-0.4, -0.2) is 27.3 Å². The van der Waals surface area contributed by atoms with Gasteiger partial charge >= 0.3 is 12.1 Å². The monoisotopic (exact) mass is 569 g/mol. The van der Waals surface area contributed by atoms with Crippen molar-refractivity contribution < 1.29 is 24.0 Å². The molecule has 8 nitrogen and oxygen atoms in total. The fraction of sp³-hybridized carbons (Fsp3) is 0.219. The first-order valence-corrected chi connectivity index (χ1v) is 13.7. The highest BCUT2D eigenvalue weighted by Gasteiger charge is 2.51. The third-order valence-corrected chi connectivity index (χ3v) is 8.14. The van der Waals surface area contributed by atoms with Crippen LogP contribution < -0.4 is 5.32 Å². The zero-order valence-electron chi connectivity index (χ0n) is 22.7. The Morgan fingerprint density at radius 2 is 1.78 bits per heavy atom. The van der Waals surface area contributed by atoms with Crippen LogP contribution in [0.4, 0.5) is 10.5 Å². The lowest BCUT2D eigenvalue weighted by atomic mass is 9.92. The van der Waals surface area contributed by atoms with Gasteiger partial charge in [-0.15, -0.1) is 0 Å². The van der Waals surface area contributed by atoms with E-state index in [1.165, 1.54) is 0 Å². The fourth-order valence-electron chi connectivity index (χ4n) is 5.38. The van der Waals surface area contributed by atoms with E-state index in [1.807, 2.05) is 61.5 Å². The molecule has 2 heterocycles. The molecular weight excluding hydrogens is 542 g/mol. The molecule has 208 valence electrons. The maximum atomic E-state index is 12.9. The summed E-state index contributed by atoms with van der Waals surface area (Å²) in [4.78, 5) is 28.1. The number of aromatic amines is 1. The van der Waals surface area contributed by atoms with Crippen LogP contribution in [-0.2, 0) is 14.9 Å². The number of nitrogens with one attached hydrogen (secondary N) is 2. The first kappa shape index (κ1) is 26.7. The first-order chi connectivity index (χ1) is 19.7. The van der Waals surface area contributed by atoms with Crippen molar-refractivity contribution in [2.45, 2.75) is 45.1 Å². The fourth-order valence-corrected chi connectivity index (χ4v) is 5.67. The molecule has 0 saturated heterocycles. The maximum absolute atomic E-state index is 12.9. The Morgan fingerprint density at radius 1 is 1.07 bits per heavy atom. The van der Waals surface area contributed by atoms with Crippen molar-refractivity contribution >= 4 is 40.3 Å². The molecule has 3 aromatic carbocycles. The lowest BCUT2D eigenvalue weighted by Gasteiger charge is -2.15. The molecule has 0 spiro atoms. The minimum absolute atomic E-state index is 0.399. The topological polar surface area (TPSA) is 117 Å². The Hall–Kier alpha value is -4.56. The minimum atomic E-state index is -0.771. The predicted molar refractivity (Wildman–Crippen MR) is 157 cm³/mol. The maximum Gasteiger partial charge on any atom is 0.412 e. The van der Waals surface area contributed by atoms with Crippen molar-refractivity contribution in [1.29, 1.82) is 0 Å². The average molecular weight is 570 g/mol. The van der Waals surface area contributed by atoms with Crippen LogP contribution >= 0.6 is 11.6 Å². The molecular formula is C32H28ClN3O5. The Kier molecular flexibility index (Phi) is 6.58. The van der Waals surface area contributed by atoms with Crippen molar-refractivity contribution in [3.63, 3.8) is 0 Å². The van der Waals surface area contributed by atoms with Crippen LogP contribution in [0.25, 0.3) is 33.4 Å². The molecule has 1 aliphatic carbocycles. The van der Waals surface area contributed by atoms with Gasteiger partial charge in [-0.2, -0.15) is 0 Å². The number of carbonyl (C=O) groups is 2. The summed E-state index contributed by atoms with van der Waals surface area (Å²) < 4.78 is 11.3. The van der Waals surface area contributed by atoms with Crippen LogP contribution in [0.1, 0.15) is 48.4 Å². The molecule has 1 amide bonds. The summed E-state index contributed by atoms with van der Waals surface area (Å²) in [5, 5.41) is 18.1. The number of aliphatic carboxylic acids is 1. The van der Waals surface area contributed by atoms with Crippen LogP contribution in [0.3, 0.4) is 0 Å². The summed E-state index contributed by atoms with van der Waals surface area (Å²) in [7, 11) is 0. The second-order valence-corrected chi connectivity index (χ2v) is 10.9. The molecule has 2 aromatic heterocycles. The van der Waals surface area contributed by atoms with Gasteiger partial charge in [-0.1, -0.05) is 65.3 Å². The lowest BCUT2D eigenvalue weighted by Crippen LogP contribution is -2.19. The zero-order chi connectivity index (χ0) is 28.9. The summed E-state index contributed by atoms with van der Waals surface area (Å²) >= 11 is 6.27. The summed E-state index contributed by atoms with van der Waals surface area (Å²) in [5.41, 5.74) is 6.16. The van der Waals surface area contributed by atoms with Crippen molar-refractivity contribution in [2.75, 3.05) is 5.32 Å². The molecule has 1 atom stereocenters. The van der Waals surface area contributed by atoms with Gasteiger partial charge in [-0.25, -0.2) is 4.79 Å². The van der Waals surface area contributed by atoms with Gasteiger partial charge in [0.25, 0.3) is 0 Å². The molecule has 0 radical (unpaired) electrons. The number of benzene rings is 3. The minimum Gasteiger partial charge on any atom is -0.481 e. The van der Waals surface area contributed by atoms with Gasteiger partial charge in [0, 0.05) is 27.2 Å². The summed E-state index contributed by atoms with van der Waals surface area (Å²) in [6, 6.07) is 20.9. The molecule has 3 N–H and O–H groups in total. The van der Waals surface area contributed by atoms with Crippen molar-refractivity contribution in [3.05, 3.63) is 94.3 Å². The third-order valence-electron chi connectivity index (χ3n) is 7.80. The molecule has 1 unspecified atom stereocenters. The lowest BCUT2D eigenvalue weighted by molar-refractivity contribution is -0.140. The number of aryl methyl sites for hydroxylation is 2. The zero-order valence-corrected chi connectivity index (χ0v) is 23.5. The highest BCUT2D eigenvalue weighted by atomic mass is 35.5. The number of nitrogens with zero attached hydrogens (tertiary/aromatic N) is 1. The number of anilines is 1. The van der Waals surface area contributed by atoms with Gasteiger partial charge in [0.1, 0.15) is 17.5 Å². The molecule has 0 aliphatic heterocycles. The third kappa shape index (κ3) is 4.74. The summed E-state index contributed by atoms with van der Waals surface area (Å²) in [5.74, 6) is -0.372. The predicted octanol–water partition coefficient (Wildman–Crippen LogP) is 8.19. The summed E-state index contributed by atoms with van der Waals surface area (Å²) in [6.07, 6.45) is 0.102. The smallest absolute Gasteiger partial charge is 0.412 e. The number of halogens is 1. The van der Waals surface area contributed by atoms with Gasteiger partial charge in [0.2, 0.25) is 0 Å². The molecule has 41 heavy (non-hydrogen) atoms. The van der Waals surface area contributed by atoms with E-state index in [0.29, 0.717) is 40.6 Å². The first-order valence-electron chi connectivity index (χ1n) is 13.3. The normalized spacial score (nSPS) is 14.5. The Bertz CT molecular complexity index is 1800. The number of carboxylic acid groups (broad SMARTS) is 1. The van der Waals surface area contributed by atoms with Gasteiger partial charge in [0.05, 0.1) is 10.9 Å². The van der Waals surface area contributed by atoms with E-state index < -0.39 is 23.6 Å². The quantitative estimate of drug-likeness (QED) is 0.182. The average Bonchev–Trinajstić information content (AvgIpc) is 3.57. The molecule has 1 aliphatic rings. The number of carboxylic acids is 1. The van der Waals surface area contributed by atoms with E-state index >= 15 is 0 Å². The second kappa shape index (κ2) is 10.1. The van der Waals surface area contributed by atoms with Gasteiger partial charge in [-0.05, 0) is 68.5 Å². The van der Waals surface area contributed by atoms with E-state index in [2.05, 4.69) is 21.5 Å². The Labute approximate surface area is 241 Å². The van der Waals surface area contributed by atoms with E-state index in [1.54, 1.807) is 19.9 Å². The van der Waals surface area contributed by atoms with Crippen LogP contribution in [0.2, 0.25) is 5.02 Å². The number of H-pyrrole nitrogens is 1. The Balaban J connectivity index is 1.31. The van der Waals surface area contributed by atoms with Crippen molar-refractivity contribution in [3.8, 4) is 22.5 Å². The SMILES string of the molecule is Cc1cc2c(-c3ccc(C4(C(=O)O)CC4)cc3)ccc(-c3onc(C)c3NC(=O)OC(C)c3ccccc3Cl)c2[nH]1.